The van der Waals surface area contributed by atoms with E-state index in [4.69, 9.17) is 4.74 Å². The number of benzene rings is 2. The Hall–Kier alpha value is -2.77. The van der Waals surface area contributed by atoms with Crippen molar-refractivity contribution >= 4 is 11.9 Å². The first-order chi connectivity index (χ1) is 12.9. The number of carbonyl (C=O) groups excluding carboxylic acids is 2. The molecule has 0 bridgehead atoms. The maximum absolute atomic E-state index is 13.5. The number of hydrogen-bond acceptors (Lipinski definition) is 4. The van der Waals surface area contributed by atoms with Gasteiger partial charge in [-0.25, -0.2) is 9.18 Å². The first-order valence-corrected chi connectivity index (χ1v) is 8.60. The molecule has 2 aromatic rings. The summed E-state index contributed by atoms with van der Waals surface area (Å²) in [5, 5.41) is 12.8. The van der Waals surface area contributed by atoms with E-state index in [2.05, 4.69) is 5.32 Å². The van der Waals surface area contributed by atoms with Gasteiger partial charge in [0, 0.05) is 5.56 Å². The fourth-order valence-electron chi connectivity index (χ4n) is 3.01. The molecule has 7 heteroatoms. The molecule has 0 aliphatic carbocycles. The number of aliphatic hydroxyl groups excluding tert-OH is 1. The van der Waals surface area contributed by atoms with Crippen LogP contribution in [-0.2, 0) is 21.7 Å². The number of hydrogen-bond donors (Lipinski definition) is 2. The molecule has 0 aromatic heterocycles. The van der Waals surface area contributed by atoms with Crippen LogP contribution in [0.2, 0.25) is 0 Å². The molecule has 0 unspecified atom stereocenters. The number of halogens is 1. The minimum Gasteiger partial charge on any atom is -0.389 e. The number of imide groups is 1. The van der Waals surface area contributed by atoms with Crippen LogP contribution in [0.5, 0.6) is 0 Å². The van der Waals surface area contributed by atoms with Crippen molar-refractivity contribution in [1.82, 2.24) is 10.2 Å². The van der Waals surface area contributed by atoms with E-state index in [1.54, 1.807) is 49.4 Å². The molecule has 2 aromatic carbocycles. The highest BCUT2D eigenvalue weighted by molar-refractivity contribution is 6.07. The van der Waals surface area contributed by atoms with Crippen LogP contribution >= 0.6 is 0 Å². The lowest BCUT2D eigenvalue weighted by Crippen LogP contribution is -2.42. The zero-order chi connectivity index (χ0) is 19.4. The van der Waals surface area contributed by atoms with Crippen molar-refractivity contribution in [3.05, 3.63) is 71.5 Å². The minimum absolute atomic E-state index is 0.00833. The Balaban J connectivity index is 1.58. The van der Waals surface area contributed by atoms with Crippen molar-refractivity contribution in [3.8, 4) is 0 Å². The average Bonchev–Trinajstić information content (AvgIpc) is 2.88. The van der Waals surface area contributed by atoms with E-state index in [1.807, 2.05) is 6.07 Å². The molecular formula is C20H21FN2O4. The monoisotopic (exact) mass is 372 g/mol. The van der Waals surface area contributed by atoms with E-state index in [-0.39, 0.29) is 25.6 Å². The van der Waals surface area contributed by atoms with Crippen molar-refractivity contribution < 1.29 is 23.8 Å². The van der Waals surface area contributed by atoms with Gasteiger partial charge >= 0.3 is 6.03 Å². The van der Waals surface area contributed by atoms with Gasteiger partial charge in [-0.05, 0) is 18.6 Å². The summed E-state index contributed by atoms with van der Waals surface area (Å²) in [6, 6.07) is 14.5. The van der Waals surface area contributed by atoms with Crippen molar-refractivity contribution in [2.24, 2.45) is 0 Å². The van der Waals surface area contributed by atoms with Crippen molar-refractivity contribution in [2.45, 2.75) is 25.2 Å². The van der Waals surface area contributed by atoms with Gasteiger partial charge in [0.25, 0.3) is 5.91 Å². The van der Waals surface area contributed by atoms with Gasteiger partial charge in [-0.1, -0.05) is 48.5 Å². The second-order valence-electron chi connectivity index (χ2n) is 6.60. The lowest BCUT2D eigenvalue weighted by molar-refractivity contribution is -0.132. The predicted molar refractivity (Wildman–Crippen MR) is 96.1 cm³/mol. The minimum atomic E-state index is -1.17. The smallest absolute Gasteiger partial charge is 0.325 e. The van der Waals surface area contributed by atoms with Crippen LogP contribution < -0.4 is 5.32 Å². The van der Waals surface area contributed by atoms with E-state index < -0.39 is 23.6 Å². The van der Waals surface area contributed by atoms with E-state index in [9.17, 15) is 19.1 Å². The Labute approximate surface area is 156 Å². The Morgan fingerprint density at radius 3 is 2.52 bits per heavy atom. The molecule has 1 heterocycles. The molecule has 2 atom stereocenters. The summed E-state index contributed by atoms with van der Waals surface area (Å²) < 4.78 is 18.9. The second kappa shape index (κ2) is 7.85. The summed E-state index contributed by atoms with van der Waals surface area (Å²) in [5.41, 5.74) is -0.140. The first kappa shape index (κ1) is 19.0. The topological polar surface area (TPSA) is 78.9 Å². The number of urea groups is 1. The third-order valence-electron chi connectivity index (χ3n) is 4.55. The number of carbonyl (C=O) groups is 2. The van der Waals surface area contributed by atoms with Crippen LogP contribution in [0.4, 0.5) is 9.18 Å². The molecule has 1 saturated heterocycles. The molecule has 0 radical (unpaired) electrons. The van der Waals surface area contributed by atoms with Crippen molar-refractivity contribution in [1.29, 1.82) is 0 Å². The molecule has 0 spiro atoms. The predicted octanol–water partition coefficient (Wildman–Crippen LogP) is 2.17. The van der Waals surface area contributed by atoms with E-state index in [1.165, 1.54) is 6.07 Å². The number of rotatable bonds is 7. The maximum atomic E-state index is 13.5. The zero-order valence-electron chi connectivity index (χ0n) is 14.9. The maximum Gasteiger partial charge on any atom is 0.325 e. The van der Waals surface area contributed by atoms with Gasteiger partial charge in [-0.15, -0.1) is 0 Å². The van der Waals surface area contributed by atoms with Gasteiger partial charge < -0.3 is 15.2 Å². The number of aliphatic hydroxyl groups is 1. The Morgan fingerprint density at radius 1 is 1.15 bits per heavy atom. The van der Waals surface area contributed by atoms with E-state index in [0.29, 0.717) is 11.1 Å². The summed E-state index contributed by atoms with van der Waals surface area (Å²) in [4.78, 5) is 26.0. The van der Waals surface area contributed by atoms with Crippen LogP contribution in [-0.4, -0.2) is 41.2 Å². The largest absolute Gasteiger partial charge is 0.389 e. The highest BCUT2D eigenvalue weighted by atomic mass is 19.1. The third-order valence-corrected chi connectivity index (χ3v) is 4.55. The number of β-amino-alcohol motifs (C(OH)–C–C–N with tert-alkyl or cyclic N) is 1. The van der Waals surface area contributed by atoms with Gasteiger partial charge in [-0.3, -0.25) is 9.69 Å². The van der Waals surface area contributed by atoms with Crippen LogP contribution in [0, 0.1) is 5.82 Å². The SMILES string of the molecule is C[C@]1(c2ccccc2)NC(=O)N(C[C@@H](O)COCc2ccccc2F)C1=O. The molecule has 2 N–H and O–H groups in total. The number of nitrogens with one attached hydrogen (secondary N) is 1. The van der Waals surface area contributed by atoms with E-state index in [0.717, 1.165) is 4.90 Å². The van der Waals surface area contributed by atoms with Gasteiger partial charge in [0.2, 0.25) is 0 Å². The Bertz CT molecular complexity index is 830. The normalized spacial score (nSPS) is 20.6. The number of amides is 3. The molecule has 3 amide bonds. The molecule has 0 saturated carbocycles. The van der Waals surface area contributed by atoms with Crippen LogP contribution in [0.25, 0.3) is 0 Å². The fourth-order valence-corrected chi connectivity index (χ4v) is 3.01. The highest BCUT2D eigenvalue weighted by Gasteiger charge is 2.49. The molecular weight excluding hydrogens is 351 g/mol. The lowest BCUT2D eigenvalue weighted by atomic mass is 9.92. The molecule has 3 rings (SSSR count). The summed E-state index contributed by atoms with van der Waals surface area (Å²) in [5.74, 6) is -0.827. The lowest BCUT2D eigenvalue weighted by Gasteiger charge is -2.23. The Kier molecular flexibility index (Phi) is 5.53. The first-order valence-electron chi connectivity index (χ1n) is 8.60. The standard InChI is InChI=1S/C20H21FN2O4/c1-20(15-8-3-2-4-9-15)18(25)23(19(26)22-20)11-16(24)13-27-12-14-7-5-6-10-17(14)21/h2-10,16,24H,11-13H2,1H3,(H,22,26)/t16-,20-/m1/s1. The zero-order valence-corrected chi connectivity index (χ0v) is 14.9. The van der Waals surface area contributed by atoms with E-state index >= 15 is 0 Å². The summed E-state index contributed by atoms with van der Waals surface area (Å²) in [6.07, 6.45) is -1.08. The van der Waals surface area contributed by atoms with Gasteiger partial charge in [0.05, 0.1) is 25.9 Å². The molecule has 6 nitrogen and oxygen atoms in total. The number of nitrogens with zero attached hydrogens (tertiary/aromatic N) is 1. The molecule has 27 heavy (non-hydrogen) atoms. The summed E-state index contributed by atoms with van der Waals surface area (Å²) in [6.45, 7) is 1.28. The van der Waals surface area contributed by atoms with Crippen LogP contribution in [0.3, 0.4) is 0 Å². The van der Waals surface area contributed by atoms with Crippen molar-refractivity contribution in [2.75, 3.05) is 13.2 Å². The van der Waals surface area contributed by atoms with Crippen LogP contribution in [0.15, 0.2) is 54.6 Å². The highest BCUT2D eigenvalue weighted by Crippen LogP contribution is 2.28. The second-order valence-corrected chi connectivity index (χ2v) is 6.60. The van der Waals surface area contributed by atoms with Crippen LogP contribution in [0.1, 0.15) is 18.1 Å². The molecule has 1 aliphatic rings. The van der Waals surface area contributed by atoms with Gasteiger partial charge in [0.1, 0.15) is 11.4 Å². The molecule has 142 valence electrons. The summed E-state index contributed by atoms with van der Waals surface area (Å²) >= 11 is 0. The fraction of sp³-hybridized carbons (Fsp3) is 0.300. The molecule has 1 aliphatic heterocycles. The third kappa shape index (κ3) is 3.99. The molecule has 1 fully saturated rings. The van der Waals surface area contributed by atoms with Gasteiger partial charge in [0.15, 0.2) is 0 Å². The quantitative estimate of drug-likeness (QED) is 0.730. The Morgan fingerprint density at radius 2 is 1.81 bits per heavy atom. The summed E-state index contributed by atoms with van der Waals surface area (Å²) in [7, 11) is 0. The van der Waals surface area contributed by atoms with Gasteiger partial charge in [-0.2, -0.15) is 0 Å². The van der Waals surface area contributed by atoms with Crippen molar-refractivity contribution in [3.63, 3.8) is 0 Å². The number of ether oxygens (including phenoxy) is 1. The average molecular weight is 372 g/mol.